The van der Waals surface area contributed by atoms with E-state index in [9.17, 15) is 4.79 Å². The smallest absolute Gasteiger partial charge is 0.240 e. The van der Waals surface area contributed by atoms with Gasteiger partial charge in [0.25, 0.3) is 0 Å². The maximum atomic E-state index is 12.3. The van der Waals surface area contributed by atoms with Gasteiger partial charge >= 0.3 is 0 Å². The molecule has 1 heterocycles. The van der Waals surface area contributed by atoms with Gasteiger partial charge in [-0.25, -0.2) is 10.9 Å². The van der Waals surface area contributed by atoms with Crippen LogP contribution in [0.3, 0.4) is 0 Å². The largest absolute Gasteiger partial charge is 0.497 e. The van der Waals surface area contributed by atoms with Crippen molar-refractivity contribution < 1.29 is 9.53 Å². The number of rotatable bonds is 6. The monoisotopic (exact) mass is 291 g/mol. The Morgan fingerprint density at radius 3 is 2.67 bits per heavy atom. The second kappa shape index (κ2) is 7.43. The fourth-order valence-electron chi connectivity index (χ4n) is 2.54. The zero-order chi connectivity index (χ0) is 15.2. The molecule has 116 valence electrons. The first-order chi connectivity index (χ1) is 10.2. The van der Waals surface area contributed by atoms with E-state index in [0.29, 0.717) is 0 Å². The normalized spacial score (nSPS) is 21.3. The maximum Gasteiger partial charge on any atom is 0.240 e. The van der Waals surface area contributed by atoms with Crippen molar-refractivity contribution in [2.24, 2.45) is 0 Å². The van der Waals surface area contributed by atoms with Crippen LogP contribution in [-0.4, -0.2) is 37.6 Å². The highest BCUT2D eigenvalue weighted by Gasteiger charge is 2.31. The molecule has 1 aliphatic heterocycles. The summed E-state index contributed by atoms with van der Waals surface area (Å²) >= 11 is 0. The van der Waals surface area contributed by atoms with Crippen molar-refractivity contribution in [3.8, 4) is 5.75 Å². The molecule has 5 nitrogen and oxygen atoms in total. The van der Waals surface area contributed by atoms with Gasteiger partial charge in [-0.2, -0.15) is 0 Å². The molecule has 5 heteroatoms. The predicted octanol–water partition coefficient (Wildman–Crippen LogP) is 1.86. The Kier molecular flexibility index (Phi) is 5.59. The highest BCUT2D eigenvalue weighted by atomic mass is 16.5. The molecule has 1 fully saturated rings. The van der Waals surface area contributed by atoms with Crippen LogP contribution in [-0.2, 0) is 4.79 Å². The average molecular weight is 291 g/mol. The number of carbonyl (C=O) groups excluding carboxylic acids is 1. The topological polar surface area (TPSA) is 53.6 Å². The molecular weight excluding hydrogens is 266 g/mol. The first-order valence-electron chi connectivity index (χ1n) is 7.55. The highest BCUT2D eigenvalue weighted by molar-refractivity contribution is 5.82. The lowest BCUT2D eigenvalue weighted by atomic mass is 10.0. The number of hydrogen-bond acceptors (Lipinski definition) is 4. The number of nitrogens with zero attached hydrogens (tertiary/aromatic N) is 1. The number of ether oxygens (including phenoxy) is 1. The third-order valence-electron chi connectivity index (χ3n) is 3.94. The van der Waals surface area contributed by atoms with Gasteiger partial charge in [0.2, 0.25) is 5.91 Å². The quantitative estimate of drug-likeness (QED) is 0.840. The van der Waals surface area contributed by atoms with Crippen LogP contribution < -0.4 is 15.6 Å². The van der Waals surface area contributed by atoms with Gasteiger partial charge in [0.15, 0.2) is 0 Å². The average Bonchev–Trinajstić information content (AvgIpc) is 3.01. The molecule has 1 aromatic carbocycles. The van der Waals surface area contributed by atoms with Crippen LogP contribution >= 0.6 is 0 Å². The number of unbranched alkanes of at least 4 members (excludes halogenated alkanes) is 1. The molecule has 0 radical (unpaired) electrons. The molecule has 2 atom stereocenters. The predicted molar refractivity (Wildman–Crippen MR) is 83.0 cm³/mol. The van der Waals surface area contributed by atoms with Gasteiger partial charge in [0.05, 0.1) is 7.11 Å². The minimum absolute atomic E-state index is 0.154. The van der Waals surface area contributed by atoms with Gasteiger partial charge in [-0.1, -0.05) is 25.5 Å². The fourth-order valence-corrected chi connectivity index (χ4v) is 2.54. The van der Waals surface area contributed by atoms with E-state index in [1.807, 2.05) is 36.2 Å². The van der Waals surface area contributed by atoms with Crippen LogP contribution in [0, 0.1) is 0 Å². The molecule has 21 heavy (non-hydrogen) atoms. The summed E-state index contributed by atoms with van der Waals surface area (Å²) in [7, 11) is 3.53. The van der Waals surface area contributed by atoms with Crippen LogP contribution in [0.1, 0.15) is 37.8 Å². The van der Waals surface area contributed by atoms with E-state index < -0.39 is 0 Å². The van der Waals surface area contributed by atoms with Crippen LogP contribution in [0.4, 0.5) is 0 Å². The summed E-state index contributed by atoms with van der Waals surface area (Å²) in [5.74, 6) is 1.00. The molecule has 0 saturated carbocycles. The Morgan fingerprint density at radius 1 is 1.33 bits per heavy atom. The lowest BCUT2D eigenvalue weighted by Crippen LogP contribution is -2.44. The van der Waals surface area contributed by atoms with Crippen molar-refractivity contribution in [2.75, 3.05) is 20.7 Å². The van der Waals surface area contributed by atoms with Gasteiger partial charge in [-0.3, -0.25) is 4.79 Å². The zero-order valence-corrected chi connectivity index (χ0v) is 13.1. The Labute approximate surface area is 126 Å². The molecule has 0 bridgehead atoms. The third kappa shape index (κ3) is 3.95. The van der Waals surface area contributed by atoms with Crippen LogP contribution in [0.2, 0.25) is 0 Å². The van der Waals surface area contributed by atoms with Gasteiger partial charge in [-0.05, 0) is 30.5 Å². The van der Waals surface area contributed by atoms with E-state index in [4.69, 9.17) is 4.74 Å². The summed E-state index contributed by atoms with van der Waals surface area (Å²) in [6.07, 6.45) is 2.91. The molecule has 1 saturated heterocycles. The van der Waals surface area contributed by atoms with Crippen molar-refractivity contribution in [3.63, 3.8) is 0 Å². The fraction of sp³-hybridized carbons (Fsp3) is 0.562. The summed E-state index contributed by atoms with van der Waals surface area (Å²) in [5, 5.41) is 0. The highest BCUT2D eigenvalue weighted by Crippen LogP contribution is 2.24. The van der Waals surface area contributed by atoms with Gasteiger partial charge in [0, 0.05) is 19.6 Å². The number of likely N-dealkylation sites (N-methyl/N-ethyl adjacent to an activating group) is 1. The number of carbonyl (C=O) groups is 1. The standard InChI is InChI=1S/C16H25N3O2/c1-4-5-10-19(2)16(20)15-11-14(17-18-15)12-6-8-13(21-3)9-7-12/h6-9,14-15,17-18H,4-5,10-11H2,1-3H3. The first-order valence-corrected chi connectivity index (χ1v) is 7.55. The summed E-state index contributed by atoms with van der Waals surface area (Å²) in [6.45, 7) is 2.95. The van der Waals surface area contributed by atoms with Crippen molar-refractivity contribution in [1.29, 1.82) is 0 Å². The lowest BCUT2D eigenvalue weighted by Gasteiger charge is -2.20. The van der Waals surface area contributed by atoms with E-state index >= 15 is 0 Å². The van der Waals surface area contributed by atoms with Crippen LogP contribution in [0.5, 0.6) is 5.75 Å². The van der Waals surface area contributed by atoms with E-state index in [0.717, 1.165) is 37.1 Å². The number of nitrogens with one attached hydrogen (secondary N) is 2. The second-order valence-corrected chi connectivity index (χ2v) is 5.52. The summed E-state index contributed by atoms with van der Waals surface area (Å²) in [5.41, 5.74) is 7.49. The summed E-state index contributed by atoms with van der Waals surface area (Å²) in [6, 6.07) is 7.96. The lowest BCUT2D eigenvalue weighted by molar-refractivity contribution is -0.131. The van der Waals surface area contributed by atoms with Crippen LogP contribution in [0.25, 0.3) is 0 Å². The Morgan fingerprint density at radius 2 is 2.05 bits per heavy atom. The van der Waals surface area contributed by atoms with E-state index in [2.05, 4.69) is 17.8 Å². The van der Waals surface area contributed by atoms with Crippen molar-refractivity contribution in [2.45, 2.75) is 38.3 Å². The molecule has 1 aromatic rings. The number of hydrazine groups is 1. The van der Waals surface area contributed by atoms with Crippen LogP contribution in [0.15, 0.2) is 24.3 Å². The number of methoxy groups -OCH3 is 1. The number of hydrogen-bond donors (Lipinski definition) is 2. The Hall–Kier alpha value is -1.59. The molecule has 0 aliphatic carbocycles. The Bertz CT molecular complexity index is 461. The summed E-state index contributed by atoms with van der Waals surface area (Å²) < 4.78 is 5.16. The molecule has 2 N–H and O–H groups in total. The number of benzene rings is 1. The molecule has 0 spiro atoms. The third-order valence-corrected chi connectivity index (χ3v) is 3.94. The molecule has 2 rings (SSSR count). The Balaban J connectivity index is 1.91. The minimum atomic E-state index is -0.154. The number of amides is 1. The van der Waals surface area contributed by atoms with Crippen molar-refractivity contribution >= 4 is 5.91 Å². The maximum absolute atomic E-state index is 12.3. The van der Waals surface area contributed by atoms with E-state index in [-0.39, 0.29) is 18.0 Å². The molecule has 1 aliphatic rings. The minimum Gasteiger partial charge on any atom is -0.497 e. The SMILES string of the molecule is CCCCN(C)C(=O)C1CC(c2ccc(OC)cc2)NN1. The molecule has 0 aromatic heterocycles. The van der Waals surface area contributed by atoms with Gasteiger partial charge < -0.3 is 9.64 Å². The van der Waals surface area contributed by atoms with Gasteiger partial charge in [0.1, 0.15) is 11.8 Å². The van der Waals surface area contributed by atoms with Crippen molar-refractivity contribution in [1.82, 2.24) is 15.8 Å². The molecular formula is C16H25N3O2. The van der Waals surface area contributed by atoms with Crippen molar-refractivity contribution in [3.05, 3.63) is 29.8 Å². The second-order valence-electron chi connectivity index (χ2n) is 5.52. The first kappa shape index (κ1) is 15.8. The molecule has 2 unspecified atom stereocenters. The van der Waals surface area contributed by atoms with Gasteiger partial charge in [-0.15, -0.1) is 0 Å². The summed E-state index contributed by atoms with van der Waals surface area (Å²) in [4.78, 5) is 14.2. The van der Waals surface area contributed by atoms with E-state index in [1.54, 1.807) is 7.11 Å². The van der Waals surface area contributed by atoms with E-state index in [1.165, 1.54) is 0 Å². The zero-order valence-electron chi connectivity index (χ0n) is 13.1. The molecule has 1 amide bonds.